The average molecular weight is 231 g/mol. The van der Waals surface area contributed by atoms with Crippen molar-refractivity contribution < 1.29 is 4.74 Å². The maximum absolute atomic E-state index is 5.32. The van der Waals surface area contributed by atoms with E-state index >= 15 is 0 Å². The highest BCUT2D eigenvalue weighted by Crippen LogP contribution is 2.53. The van der Waals surface area contributed by atoms with Crippen molar-refractivity contribution in [3.05, 3.63) is 29.3 Å². The summed E-state index contributed by atoms with van der Waals surface area (Å²) in [7, 11) is 3.84. The van der Waals surface area contributed by atoms with Crippen LogP contribution in [0.15, 0.2) is 18.2 Å². The first-order valence-electron chi connectivity index (χ1n) is 6.60. The minimum Gasteiger partial charge on any atom is -0.497 e. The largest absolute Gasteiger partial charge is 0.497 e. The maximum Gasteiger partial charge on any atom is 0.119 e. The van der Waals surface area contributed by atoms with Gasteiger partial charge in [-0.3, -0.25) is 0 Å². The lowest BCUT2D eigenvalue weighted by atomic mass is 9.54. The second kappa shape index (κ2) is 4.02. The van der Waals surface area contributed by atoms with Crippen LogP contribution in [0.5, 0.6) is 5.75 Å². The normalized spacial score (nSPS) is 34.5. The summed E-state index contributed by atoms with van der Waals surface area (Å²) >= 11 is 0. The molecule has 0 aliphatic heterocycles. The molecule has 17 heavy (non-hydrogen) atoms. The Morgan fingerprint density at radius 2 is 2.18 bits per heavy atom. The van der Waals surface area contributed by atoms with Crippen molar-refractivity contribution >= 4 is 0 Å². The van der Waals surface area contributed by atoms with Crippen molar-refractivity contribution in [3.63, 3.8) is 0 Å². The van der Waals surface area contributed by atoms with E-state index in [4.69, 9.17) is 4.74 Å². The van der Waals surface area contributed by atoms with Gasteiger partial charge >= 0.3 is 0 Å². The van der Waals surface area contributed by atoms with E-state index in [9.17, 15) is 0 Å². The van der Waals surface area contributed by atoms with E-state index in [1.54, 1.807) is 12.7 Å². The van der Waals surface area contributed by atoms with Gasteiger partial charge in [0.2, 0.25) is 0 Å². The minimum absolute atomic E-state index is 0.718. The van der Waals surface area contributed by atoms with Crippen molar-refractivity contribution in [1.82, 2.24) is 5.32 Å². The monoisotopic (exact) mass is 231 g/mol. The van der Waals surface area contributed by atoms with E-state index in [1.165, 1.54) is 18.4 Å². The molecular weight excluding hydrogens is 210 g/mol. The molecule has 0 spiro atoms. The Kier molecular flexibility index (Phi) is 2.62. The van der Waals surface area contributed by atoms with Gasteiger partial charge in [-0.05, 0) is 60.9 Å². The zero-order chi connectivity index (χ0) is 12.0. The highest BCUT2D eigenvalue weighted by Gasteiger charge is 2.49. The Labute approximate surface area is 103 Å². The Morgan fingerprint density at radius 3 is 2.88 bits per heavy atom. The van der Waals surface area contributed by atoms with Gasteiger partial charge in [0.05, 0.1) is 7.11 Å². The van der Waals surface area contributed by atoms with Gasteiger partial charge in [-0.15, -0.1) is 0 Å². The molecule has 0 heterocycles. The smallest absolute Gasteiger partial charge is 0.119 e. The molecule has 4 unspecified atom stereocenters. The minimum atomic E-state index is 0.718. The summed E-state index contributed by atoms with van der Waals surface area (Å²) in [5.74, 6) is 3.37. The van der Waals surface area contributed by atoms with E-state index < -0.39 is 0 Å². The lowest BCUT2D eigenvalue weighted by Gasteiger charge is -2.54. The van der Waals surface area contributed by atoms with Crippen molar-refractivity contribution in [3.8, 4) is 5.75 Å². The number of ether oxygens (including phenoxy) is 1. The molecule has 0 bridgehead atoms. The van der Waals surface area contributed by atoms with E-state index in [2.05, 4.69) is 37.5 Å². The molecule has 2 aliphatic carbocycles. The first kappa shape index (κ1) is 11.1. The van der Waals surface area contributed by atoms with Gasteiger partial charge in [0.1, 0.15) is 5.75 Å². The van der Waals surface area contributed by atoms with E-state index in [1.807, 2.05) is 0 Å². The lowest BCUT2D eigenvalue weighted by molar-refractivity contribution is 0.0719. The molecule has 1 aromatic carbocycles. The van der Waals surface area contributed by atoms with Crippen LogP contribution in [-0.4, -0.2) is 20.2 Å². The maximum atomic E-state index is 5.32. The van der Waals surface area contributed by atoms with Crippen LogP contribution in [0.3, 0.4) is 0 Å². The molecule has 1 fully saturated rings. The molecule has 0 amide bonds. The van der Waals surface area contributed by atoms with Crippen molar-refractivity contribution in [1.29, 1.82) is 0 Å². The quantitative estimate of drug-likeness (QED) is 0.844. The summed E-state index contributed by atoms with van der Waals surface area (Å²) in [6.07, 6.45) is 2.53. The molecular formula is C15H21NO. The number of nitrogens with one attached hydrogen (secondary N) is 1. The average Bonchev–Trinajstić information content (AvgIpc) is 2.36. The predicted octanol–water partition coefficient (Wildman–Crippen LogP) is 2.58. The number of benzene rings is 1. The molecule has 1 saturated carbocycles. The number of fused-ring (bicyclic) bond motifs is 3. The summed E-state index contributed by atoms with van der Waals surface area (Å²) in [4.78, 5) is 0. The molecule has 1 N–H and O–H groups in total. The fraction of sp³-hybridized carbons (Fsp3) is 0.600. The number of rotatable bonds is 2. The van der Waals surface area contributed by atoms with Gasteiger partial charge in [0, 0.05) is 6.04 Å². The van der Waals surface area contributed by atoms with Gasteiger partial charge in [-0.1, -0.05) is 13.0 Å². The SMILES string of the molecule is CNC1C(C)C2c3ccc(OC)cc3CCC12. The van der Waals surface area contributed by atoms with Crippen molar-refractivity contribution in [2.24, 2.45) is 11.8 Å². The third-order valence-corrected chi connectivity index (χ3v) is 4.85. The third kappa shape index (κ3) is 1.50. The van der Waals surface area contributed by atoms with Gasteiger partial charge in [-0.2, -0.15) is 0 Å². The Balaban J connectivity index is 1.93. The topological polar surface area (TPSA) is 21.3 Å². The predicted molar refractivity (Wildman–Crippen MR) is 69.6 cm³/mol. The molecule has 0 saturated heterocycles. The zero-order valence-corrected chi connectivity index (χ0v) is 10.9. The number of hydrogen-bond acceptors (Lipinski definition) is 2. The van der Waals surface area contributed by atoms with Crippen LogP contribution in [-0.2, 0) is 6.42 Å². The second-order valence-corrected chi connectivity index (χ2v) is 5.47. The summed E-state index contributed by atoms with van der Waals surface area (Å²) in [6, 6.07) is 7.34. The molecule has 1 aromatic rings. The standard InChI is InChI=1S/C15H21NO/c1-9-14-12-7-5-11(17-3)8-10(12)4-6-13(14)15(9)16-2/h5,7-9,13-16H,4,6H2,1-3H3. The van der Waals surface area contributed by atoms with Gasteiger partial charge < -0.3 is 10.1 Å². The Morgan fingerprint density at radius 1 is 1.35 bits per heavy atom. The van der Waals surface area contributed by atoms with Crippen LogP contribution >= 0.6 is 0 Å². The van der Waals surface area contributed by atoms with E-state index in [-0.39, 0.29) is 0 Å². The summed E-state index contributed by atoms with van der Waals surface area (Å²) in [5, 5.41) is 3.48. The second-order valence-electron chi connectivity index (χ2n) is 5.47. The van der Waals surface area contributed by atoms with E-state index in [0.29, 0.717) is 0 Å². The molecule has 92 valence electrons. The summed E-state index contributed by atoms with van der Waals surface area (Å²) < 4.78 is 5.32. The van der Waals surface area contributed by atoms with Crippen LogP contribution in [0, 0.1) is 11.8 Å². The highest BCUT2D eigenvalue weighted by molar-refractivity contribution is 5.42. The van der Waals surface area contributed by atoms with Gasteiger partial charge in [0.15, 0.2) is 0 Å². The summed E-state index contributed by atoms with van der Waals surface area (Å²) in [6.45, 7) is 2.38. The van der Waals surface area contributed by atoms with Crippen LogP contribution in [0.25, 0.3) is 0 Å². The van der Waals surface area contributed by atoms with Crippen LogP contribution < -0.4 is 10.1 Å². The van der Waals surface area contributed by atoms with Gasteiger partial charge in [-0.25, -0.2) is 0 Å². The molecule has 2 nitrogen and oxygen atoms in total. The number of hydrogen-bond donors (Lipinski definition) is 1. The van der Waals surface area contributed by atoms with Crippen LogP contribution in [0.4, 0.5) is 0 Å². The molecule has 2 aliphatic rings. The van der Waals surface area contributed by atoms with Gasteiger partial charge in [0.25, 0.3) is 0 Å². The first-order valence-corrected chi connectivity index (χ1v) is 6.60. The zero-order valence-electron chi connectivity index (χ0n) is 10.9. The number of aryl methyl sites for hydroxylation is 1. The van der Waals surface area contributed by atoms with Crippen molar-refractivity contribution in [2.75, 3.05) is 14.2 Å². The van der Waals surface area contributed by atoms with Crippen LogP contribution in [0.1, 0.15) is 30.4 Å². The van der Waals surface area contributed by atoms with Crippen molar-refractivity contribution in [2.45, 2.75) is 31.7 Å². The summed E-state index contributed by atoms with van der Waals surface area (Å²) in [5.41, 5.74) is 3.08. The van der Waals surface area contributed by atoms with Crippen LogP contribution in [0.2, 0.25) is 0 Å². The molecule has 3 rings (SSSR count). The van der Waals surface area contributed by atoms with E-state index in [0.717, 1.165) is 29.5 Å². The fourth-order valence-electron chi connectivity index (χ4n) is 4.00. The fourth-order valence-corrected chi connectivity index (χ4v) is 4.00. The third-order valence-electron chi connectivity index (χ3n) is 4.85. The lowest BCUT2D eigenvalue weighted by Crippen LogP contribution is -2.56. The molecule has 0 radical (unpaired) electrons. The first-order chi connectivity index (χ1) is 8.26. The Bertz CT molecular complexity index is 429. The molecule has 2 heteroatoms. The molecule has 4 atom stereocenters. The highest BCUT2D eigenvalue weighted by atomic mass is 16.5. The molecule has 0 aromatic heterocycles. The number of methoxy groups -OCH3 is 1. The Hall–Kier alpha value is -1.02.